The number of carbonyl (C=O) groups excluding carboxylic acids is 3. The van der Waals surface area contributed by atoms with Crippen molar-refractivity contribution in [1.82, 2.24) is 0 Å². The molecule has 0 aliphatic heterocycles. The number of ether oxygens (including phenoxy) is 2. The van der Waals surface area contributed by atoms with Crippen molar-refractivity contribution in [1.29, 1.82) is 0 Å². The number of hydrogen-bond acceptors (Lipinski definition) is 6. The molecule has 3 aromatic rings. The Bertz CT molecular complexity index is 1440. The van der Waals surface area contributed by atoms with Crippen LogP contribution in [0.15, 0.2) is 48.5 Å². The van der Waals surface area contributed by atoms with Gasteiger partial charge in [0.1, 0.15) is 40.3 Å². The van der Waals surface area contributed by atoms with Gasteiger partial charge in [-0.05, 0) is 77.9 Å². The number of hydrogen-bond donors (Lipinski definition) is 3. The summed E-state index contributed by atoms with van der Waals surface area (Å²) in [5, 5.41) is 4.30. The van der Waals surface area contributed by atoms with Gasteiger partial charge in [0, 0.05) is 12.1 Å². The van der Waals surface area contributed by atoms with Crippen molar-refractivity contribution < 1.29 is 50.2 Å². The molecular formula is C30H35F6N3O5. The van der Waals surface area contributed by atoms with Crippen LogP contribution in [0.2, 0.25) is 0 Å². The van der Waals surface area contributed by atoms with E-state index in [0.717, 1.165) is 36.4 Å². The second-order valence-electron chi connectivity index (χ2n) is 10.5. The van der Waals surface area contributed by atoms with E-state index in [1.807, 2.05) is 0 Å². The molecule has 3 rings (SSSR count). The van der Waals surface area contributed by atoms with Gasteiger partial charge in [-0.25, -0.2) is 35.9 Å². The number of amides is 2. The van der Waals surface area contributed by atoms with E-state index in [2.05, 4.69) is 10.6 Å². The number of halogens is 6. The van der Waals surface area contributed by atoms with Crippen LogP contribution >= 0.6 is 0 Å². The first-order valence-electron chi connectivity index (χ1n) is 12.3. The minimum atomic E-state index is -1.13. The normalized spacial score (nSPS) is 10.5. The van der Waals surface area contributed by atoms with Crippen LogP contribution in [0.1, 0.15) is 59.3 Å². The number of aldehydes is 1. The summed E-state index contributed by atoms with van der Waals surface area (Å²) in [6.07, 6.45) is -1.62. The summed E-state index contributed by atoms with van der Waals surface area (Å²) in [5.41, 5.74) is 2.45. The smallest absolute Gasteiger partial charge is 0.412 e. The maximum absolute atomic E-state index is 13.6. The van der Waals surface area contributed by atoms with Crippen molar-refractivity contribution in [3.8, 4) is 0 Å². The first-order chi connectivity index (χ1) is 19.7. The lowest BCUT2D eigenvalue weighted by molar-refractivity contribution is 0.0624. The molecule has 4 N–H and O–H groups in total. The van der Waals surface area contributed by atoms with Gasteiger partial charge < -0.3 is 15.2 Å². The maximum Gasteiger partial charge on any atom is 0.412 e. The van der Waals surface area contributed by atoms with Crippen LogP contribution in [-0.4, -0.2) is 29.7 Å². The molecule has 0 heterocycles. The second kappa shape index (κ2) is 16.8. The fraction of sp³-hybridized carbons (Fsp3) is 0.300. The number of anilines is 3. The highest BCUT2D eigenvalue weighted by molar-refractivity contribution is 5.87. The molecule has 0 unspecified atom stereocenters. The molecule has 0 spiro atoms. The number of nitrogens with two attached hydrogens (primary N) is 1. The fourth-order valence-electron chi connectivity index (χ4n) is 2.69. The summed E-state index contributed by atoms with van der Waals surface area (Å²) in [4.78, 5) is 33.1. The van der Waals surface area contributed by atoms with Gasteiger partial charge >= 0.3 is 12.2 Å². The van der Waals surface area contributed by atoms with Gasteiger partial charge in [-0.15, -0.1) is 0 Å². The minimum absolute atomic E-state index is 0. The molecule has 3 aromatic carbocycles. The molecule has 0 atom stereocenters. The third kappa shape index (κ3) is 14.4. The van der Waals surface area contributed by atoms with Gasteiger partial charge in [0.05, 0.1) is 22.6 Å². The maximum atomic E-state index is 13.6. The zero-order valence-corrected chi connectivity index (χ0v) is 24.1. The van der Waals surface area contributed by atoms with Crippen molar-refractivity contribution in [2.45, 2.75) is 60.2 Å². The Morgan fingerprint density at radius 3 is 1.52 bits per heavy atom. The molecule has 0 aliphatic carbocycles. The third-order valence-electron chi connectivity index (χ3n) is 4.41. The summed E-state index contributed by atoms with van der Waals surface area (Å²) in [6, 6.07) is 7.82. The van der Waals surface area contributed by atoms with Gasteiger partial charge in [-0.1, -0.05) is 7.43 Å². The summed E-state index contributed by atoms with van der Waals surface area (Å²) >= 11 is 0. The van der Waals surface area contributed by atoms with Gasteiger partial charge in [-0.2, -0.15) is 0 Å². The Hall–Kier alpha value is -4.75. The molecule has 0 aliphatic rings. The van der Waals surface area contributed by atoms with E-state index >= 15 is 0 Å². The van der Waals surface area contributed by atoms with Crippen LogP contribution < -0.4 is 16.4 Å². The Balaban J connectivity index is 0.000000654. The molecule has 44 heavy (non-hydrogen) atoms. The lowest BCUT2D eigenvalue weighted by Crippen LogP contribution is -2.27. The van der Waals surface area contributed by atoms with Crippen molar-refractivity contribution >= 4 is 35.5 Å². The highest BCUT2D eigenvalue weighted by Gasteiger charge is 2.20. The quantitative estimate of drug-likeness (QED) is 0.151. The Morgan fingerprint density at radius 2 is 1.11 bits per heavy atom. The van der Waals surface area contributed by atoms with E-state index in [-0.39, 0.29) is 30.8 Å². The zero-order valence-electron chi connectivity index (χ0n) is 24.1. The van der Waals surface area contributed by atoms with Crippen LogP contribution in [0.4, 0.5) is 53.0 Å². The van der Waals surface area contributed by atoms with E-state index in [0.29, 0.717) is 6.07 Å². The van der Waals surface area contributed by atoms with Crippen molar-refractivity contribution in [2.24, 2.45) is 0 Å². The second-order valence-corrected chi connectivity index (χ2v) is 10.5. The summed E-state index contributed by atoms with van der Waals surface area (Å²) in [5.74, 6) is -4.98. The van der Waals surface area contributed by atoms with E-state index in [1.165, 1.54) is 6.07 Å². The standard InChI is InChI=1S/C12H13F2NO3.C11H13F2NO2.C6H5F2N.CH4/c1-12(2,3)18-11(17)15-9-5-4-8(13)7(6-16)10(9)14;1-11(2,3)16-10(15)14-9-5-4-7(12)6-8(9)13;7-4-1-2-6(9)5(8)3-4;/h4-6H,1-3H3,(H,15,17);4-6H,1-3H3,(H,14,15);1-3H,9H2;1H4. The number of nitrogens with one attached hydrogen (secondary N) is 2. The SMILES string of the molecule is C.CC(C)(C)OC(=O)Nc1ccc(F)c(C=O)c1F.CC(C)(C)OC(=O)Nc1ccc(F)cc1F.Nc1ccc(F)cc1F. The lowest BCUT2D eigenvalue weighted by atomic mass is 10.2. The fourth-order valence-corrected chi connectivity index (χ4v) is 2.69. The predicted octanol–water partition coefficient (Wildman–Crippen LogP) is 8.62. The van der Waals surface area contributed by atoms with Crippen LogP contribution in [0, 0.1) is 34.9 Å². The molecule has 242 valence electrons. The predicted molar refractivity (Wildman–Crippen MR) is 155 cm³/mol. The molecular weight excluding hydrogens is 596 g/mol. The van der Waals surface area contributed by atoms with E-state index in [4.69, 9.17) is 15.2 Å². The molecule has 2 amide bonds. The molecule has 0 radical (unpaired) electrons. The Kier molecular flexibility index (Phi) is 15.0. The Morgan fingerprint density at radius 1 is 0.682 bits per heavy atom. The highest BCUT2D eigenvalue weighted by atomic mass is 19.2. The summed E-state index contributed by atoms with van der Waals surface area (Å²) in [7, 11) is 0. The molecule has 8 nitrogen and oxygen atoms in total. The van der Waals surface area contributed by atoms with E-state index < -0.39 is 63.9 Å². The molecule has 14 heteroatoms. The first-order valence-corrected chi connectivity index (χ1v) is 12.3. The average molecular weight is 632 g/mol. The number of nitrogen functional groups attached to an aromatic ring is 1. The lowest BCUT2D eigenvalue weighted by Gasteiger charge is -2.19. The van der Waals surface area contributed by atoms with E-state index in [1.54, 1.807) is 41.5 Å². The number of rotatable bonds is 3. The van der Waals surface area contributed by atoms with Crippen LogP contribution in [0.25, 0.3) is 0 Å². The molecule has 0 saturated carbocycles. The van der Waals surface area contributed by atoms with Crippen molar-refractivity contribution in [2.75, 3.05) is 16.4 Å². The van der Waals surface area contributed by atoms with Crippen LogP contribution in [-0.2, 0) is 9.47 Å². The topological polar surface area (TPSA) is 120 Å². The number of carbonyl (C=O) groups is 3. The molecule has 0 aromatic heterocycles. The summed E-state index contributed by atoms with van der Waals surface area (Å²) in [6.45, 7) is 9.99. The van der Waals surface area contributed by atoms with Gasteiger partial charge in [0.25, 0.3) is 0 Å². The van der Waals surface area contributed by atoms with Gasteiger partial charge in [0.2, 0.25) is 0 Å². The molecule has 0 fully saturated rings. The van der Waals surface area contributed by atoms with Gasteiger partial charge in [0.15, 0.2) is 12.1 Å². The van der Waals surface area contributed by atoms with Gasteiger partial charge in [-0.3, -0.25) is 15.4 Å². The Labute approximate surface area is 251 Å². The summed E-state index contributed by atoms with van der Waals surface area (Å²) < 4.78 is 86.4. The largest absolute Gasteiger partial charge is 0.444 e. The van der Waals surface area contributed by atoms with Crippen molar-refractivity contribution in [3.63, 3.8) is 0 Å². The number of benzene rings is 3. The first kappa shape index (κ1) is 39.2. The minimum Gasteiger partial charge on any atom is -0.444 e. The molecule has 0 saturated heterocycles. The van der Waals surface area contributed by atoms with E-state index in [9.17, 15) is 40.7 Å². The molecule has 0 bridgehead atoms. The average Bonchev–Trinajstić information content (AvgIpc) is 2.84. The van der Waals surface area contributed by atoms with Crippen LogP contribution in [0.5, 0.6) is 0 Å². The van der Waals surface area contributed by atoms with Crippen molar-refractivity contribution in [3.05, 3.63) is 89.0 Å². The zero-order chi connectivity index (χ0) is 33.1. The monoisotopic (exact) mass is 631 g/mol. The third-order valence-corrected chi connectivity index (χ3v) is 4.41. The highest BCUT2D eigenvalue weighted by Crippen LogP contribution is 2.21. The van der Waals surface area contributed by atoms with Crippen LogP contribution in [0.3, 0.4) is 0 Å².